The molecule has 8 heteroatoms. The van der Waals surface area contributed by atoms with Crippen LogP contribution in [-0.4, -0.2) is 51.1 Å². The van der Waals surface area contributed by atoms with Crippen molar-refractivity contribution < 1.29 is 23.5 Å². The second kappa shape index (κ2) is 8.39. The van der Waals surface area contributed by atoms with Crippen LogP contribution < -0.4 is 9.80 Å². The molecule has 0 unspecified atom stereocenters. The molecule has 1 aromatic carbocycles. The van der Waals surface area contributed by atoms with Gasteiger partial charge in [-0.05, 0) is 50.6 Å². The van der Waals surface area contributed by atoms with E-state index in [0.717, 1.165) is 24.2 Å². The lowest BCUT2D eigenvalue weighted by Gasteiger charge is -2.32. The standard InChI is InChI=1S/C24H33FN2O4Si/c1-5-12-27-19-10-9-17(26-13-7-6-8-21(26)29)15-18(19)24(23(27)30)16(2)22(32(3,4)25)20(31-24)11-14-28/h5,9-10,15-16,20,22,28H,1,6-8,11-14H2,2-4H3/t16-,20+,22-,24+/m0/s1. The zero-order valence-corrected chi connectivity index (χ0v) is 20.1. The summed E-state index contributed by atoms with van der Waals surface area (Å²) in [6.45, 7) is 9.81. The zero-order chi connectivity index (χ0) is 23.3. The molecule has 3 aliphatic rings. The number of carbonyl (C=O) groups excluding carboxylic acids is 2. The van der Waals surface area contributed by atoms with E-state index in [-0.39, 0.29) is 24.8 Å². The van der Waals surface area contributed by atoms with Crippen LogP contribution in [0.15, 0.2) is 30.9 Å². The lowest BCUT2D eigenvalue weighted by atomic mass is 9.82. The van der Waals surface area contributed by atoms with Crippen LogP contribution in [0.1, 0.15) is 38.2 Å². The summed E-state index contributed by atoms with van der Waals surface area (Å²) in [5.74, 6) is -0.545. The molecular weight excluding hydrogens is 427 g/mol. The maximum absolute atomic E-state index is 15.5. The number of aliphatic hydroxyl groups excluding tert-OH is 1. The van der Waals surface area contributed by atoms with Gasteiger partial charge in [0, 0.05) is 48.8 Å². The van der Waals surface area contributed by atoms with Gasteiger partial charge in [0.15, 0.2) is 5.60 Å². The van der Waals surface area contributed by atoms with Crippen LogP contribution >= 0.6 is 0 Å². The van der Waals surface area contributed by atoms with Crippen molar-refractivity contribution in [3.63, 3.8) is 0 Å². The first kappa shape index (κ1) is 23.1. The van der Waals surface area contributed by atoms with E-state index in [9.17, 15) is 14.7 Å². The average molecular weight is 461 g/mol. The van der Waals surface area contributed by atoms with E-state index in [1.165, 1.54) is 0 Å². The van der Waals surface area contributed by atoms with Crippen molar-refractivity contribution in [2.45, 2.75) is 62.9 Å². The van der Waals surface area contributed by atoms with E-state index in [1.807, 2.05) is 25.1 Å². The molecule has 1 spiro atoms. The van der Waals surface area contributed by atoms with Crippen LogP contribution in [0.4, 0.5) is 15.5 Å². The normalized spacial score (nSPS) is 30.3. The second-order valence-corrected chi connectivity index (χ2v) is 13.5. The third-order valence-electron chi connectivity index (χ3n) is 7.30. The first-order valence-corrected chi connectivity index (χ1v) is 14.5. The summed E-state index contributed by atoms with van der Waals surface area (Å²) in [5, 5.41) is 9.63. The molecular formula is C24H33FN2O4Si. The van der Waals surface area contributed by atoms with Gasteiger partial charge in [0.25, 0.3) is 5.91 Å². The Labute approximate surface area is 190 Å². The number of hydrogen-bond donors (Lipinski definition) is 1. The average Bonchev–Trinajstić information content (AvgIpc) is 3.16. The van der Waals surface area contributed by atoms with Crippen LogP contribution in [0, 0.1) is 5.92 Å². The predicted molar refractivity (Wildman–Crippen MR) is 125 cm³/mol. The van der Waals surface area contributed by atoms with Gasteiger partial charge in [0.1, 0.15) is 0 Å². The van der Waals surface area contributed by atoms with Crippen molar-refractivity contribution in [1.29, 1.82) is 0 Å². The molecule has 0 aliphatic carbocycles. The van der Waals surface area contributed by atoms with Gasteiger partial charge >= 0.3 is 0 Å². The molecule has 0 aromatic heterocycles. The Hall–Kier alpha value is -2.03. The van der Waals surface area contributed by atoms with Gasteiger partial charge in [-0.2, -0.15) is 0 Å². The molecule has 2 amide bonds. The number of amides is 2. The maximum Gasteiger partial charge on any atom is 0.264 e. The maximum atomic E-state index is 15.5. The van der Waals surface area contributed by atoms with Gasteiger partial charge in [-0.1, -0.05) is 13.0 Å². The summed E-state index contributed by atoms with van der Waals surface area (Å²) < 4.78 is 22.0. The van der Waals surface area contributed by atoms with Crippen LogP contribution in [0.5, 0.6) is 0 Å². The van der Waals surface area contributed by atoms with E-state index < -0.39 is 31.6 Å². The van der Waals surface area contributed by atoms with Gasteiger partial charge in [-0.15, -0.1) is 6.58 Å². The Morgan fingerprint density at radius 2 is 2.09 bits per heavy atom. The molecule has 3 aliphatic heterocycles. The highest BCUT2D eigenvalue weighted by Gasteiger charge is 2.66. The number of hydrogen-bond acceptors (Lipinski definition) is 4. The minimum Gasteiger partial charge on any atom is -0.396 e. The van der Waals surface area contributed by atoms with Crippen LogP contribution in [0.25, 0.3) is 0 Å². The van der Waals surface area contributed by atoms with Crippen molar-refractivity contribution in [1.82, 2.24) is 0 Å². The molecule has 0 radical (unpaired) electrons. The molecule has 2 fully saturated rings. The first-order valence-electron chi connectivity index (χ1n) is 11.5. The Morgan fingerprint density at radius 3 is 2.72 bits per heavy atom. The molecule has 4 atom stereocenters. The quantitative estimate of drug-likeness (QED) is 0.397. The molecule has 2 saturated heterocycles. The highest BCUT2D eigenvalue weighted by Crippen LogP contribution is 2.60. The molecule has 174 valence electrons. The first-order chi connectivity index (χ1) is 15.2. The van der Waals surface area contributed by atoms with Gasteiger partial charge in [-0.25, -0.2) is 0 Å². The van der Waals surface area contributed by atoms with Crippen molar-refractivity contribution >= 4 is 31.6 Å². The van der Waals surface area contributed by atoms with E-state index in [2.05, 4.69) is 6.58 Å². The second-order valence-electron chi connectivity index (χ2n) is 9.69. The summed E-state index contributed by atoms with van der Waals surface area (Å²) in [6, 6.07) is 5.63. The summed E-state index contributed by atoms with van der Waals surface area (Å²) in [5.41, 5.74) is 0.396. The fraction of sp³-hybridized carbons (Fsp3) is 0.583. The molecule has 6 nitrogen and oxygen atoms in total. The molecule has 3 heterocycles. The number of benzene rings is 1. The predicted octanol–water partition coefficient (Wildman–Crippen LogP) is 3.89. The topological polar surface area (TPSA) is 70.1 Å². The lowest BCUT2D eigenvalue weighted by Crippen LogP contribution is -2.45. The summed E-state index contributed by atoms with van der Waals surface area (Å²) in [4.78, 5) is 29.8. The molecule has 0 bridgehead atoms. The summed E-state index contributed by atoms with van der Waals surface area (Å²) in [7, 11) is -3.22. The van der Waals surface area contributed by atoms with Gasteiger partial charge in [-0.3, -0.25) is 9.59 Å². The minimum atomic E-state index is -3.22. The molecule has 32 heavy (non-hydrogen) atoms. The molecule has 1 N–H and O–H groups in total. The van der Waals surface area contributed by atoms with Crippen LogP contribution in [-0.2, 0) is 19.9 Å². The summed E-state index contributed by atoms with van der Waals surface area (Å²) >= 11 is 0. The zero-order valence-electron chi connectivity index (χ0n) is 19.1. The number of anilines is 2. The summed E-state index contributed by atoms with van der Waals surface area (Å²) in [6.07, 6.45) is 3.74. The lowest BCUT2D eigenvalue weighted by molar-refractivity contribution is -0.146. The SMILES string of the molecule is C=CCN1C(=O)[C@]2(O[C@H](CCO)[C@@H]([Si](C)(C)F)[C@@H]2C)c2cc(N3CCCCC3=O)ccc21. The number of fused-ring (bicyclic) bond motifs is 2. The Morgan fingerprint density at radius 1 is 1.34 bits per heavy atom. The van der Waals surface area contributed by atoms with E-state index in [4.69, 9.17) is 4.74 Å². The van der Waals surface area contributed by atoms with Gasteiger partial charge in [0.2, 0.25) is 14.3 Å². The minimum absolute atomic E-state index is 0.0752. The van der Waals surface area contributed by atoms with Crippen molar-refractivity contribution in [3.05, 3.63) is 36.4 Å². The number of nitrogens with zero attached hydrogens (tertiary/aromatic N) is 2. The molecule has 0 saturated carbocycles. The number of carbonyl (C=O) groups is 2. The Balaban J connectivity index is 1.86. The Bertz CT molecular complexity index is 933. The fourth-order valence-corrected chi connectivity index (χ4v) is 8.53. The number of halogens is 1. The van der Waals surface area contributed by atoms with Crippen LogP contribution in [0.3, 0.4) is 0 Å². The van der Waals surface area contributed by atoms with E-state index in [0.29, 0.717) is 25.1 Å². The van der Waals surface area contributed by atoms with Crippen molar-refractivity contribution in [2.75, 3.05) is 29.5 Å². The third-order valence-corrected chi connectivity index (χ3v) is 9.76. The van der Waals surface area contributed by atoms with Crippen molar-refractivity contribution in [2.24, 2.45) is 5.92 Å². The number of piperidine rings is 1. The Kier molecular flexibility index (Phi) is 6.07. The monoisotopic (exact) mass is 460 g/mol. The van der Waals surface area contributed by atoms with E-state index in [1.54, 1.807) is 29.0 Å². The smallest absolute Gasteiger partial charge is 0.264 e. The highest BCUT2D eigenvalue weighted by molar-refractivity contribution is 6.72. The van der Waals surface area contributed by atoms with Gasteiger partial charge in [0.05, 0.1) is 11.8 Å². The number of rotatable bonds is 6. The number of ether oxygens (including phenoxy) is 1. The van der Waals surface area contributed by atoms with E-state index >= 15 is 4.11 Å². The molecule has 1 aromatic rings. The highest BCUT2D eigenvalue weighted by atomic mass is 28.4. The largest absolute Gasteiger partial charge is 0.396 e. The number of aliphatic hydroxyl groups is 1. The van der Waals surface area contributed by atoms with Crippen molar-refractivity contribution in [3.8, 4) is 0 Å². The third kappa shape index (κ3) is 3.43. The van der Waals surface area contributed by atoms with Gasteiger partial charge < -0.3 is 23.8 Å². The fourth-order valence-electron chi connectivity index (χ4n) is 5.99. The van der Waals surface area contributed by atoms with Crippen LogP contribution in [0.2, 0.25) is 18.6 Å². The molecule has 4 rings (SSSR count).